The van der Waals surface area contributed by atoms with Gasteiger partial charge in [0.15, 0.2) is 0 Å². The molecule has 5 aliphatic carbocycles. The summed E-state index contributed by atoms with van der Waals surface area (Å²) in [6.45, 7) is 9.75. The first-order valence-corrected chi connectivity index (χ1v) is 18.9. The van der Waals surface area contributed by atoms with Gasteiger partial charge in [0.2, 0.25) is 0 Å². The molecule has 0 aromatic rings. The van der Waals surface area contributed by atoms with Gasteiger partial charge in [-0.3, -0.25) is 0 Å². The molecule has 1 nitrogen and oxygen atoms in total. The number of hydrogen-bond acceptors (Lipinski definition) is 1. The van der Waals surface area contributed by atoms with Crippen LogP contribution < -0.4 is 0 Å². The van der Waals surface area contributed by atoms with Crippen molar-refractivity contribution in [1.29, 1.82) is 0 Å². The Bertz CT molecular complexity index is 895. The normalized spacial score (nSPS) is 43.8. The molecule has 0 heterocycles. The third kappa shape index (κ3) is 8.26. The maximum Gasteiger partial charge on any atom is 0.392 e. The summed E-state index contributed by atoms with van der Waals surface area (Å²) in [6.07, 6.45) is 17.7. The molecule has 4 saturated carbocycles. The lowest BCUT2D eigenvalue weighted by molar-refractivity contribution is -0.205. The molecular formula is C39H65F3O. The molecule has 4 heteroatoms. The molecule has 0 aromatic carbocycles. The van der Waals surface area contributed by atoms with E-state index >= 15 is 0 Å². The molecular weight excluding hydrogens is 541 g/mol. The van der Waals surface area contributed by atoms with Gasteiger partial charge in [0.25, 0.3) is 0 Å². The van der Waals surface area contributed by atoms with Crippen LogP contribution in [0.3, 0.4) is 0 Å². The van der Waals surface area contributed by atoms with E-state index in [1.54, 1.807) is 0 Å². The molecule has 13 unspecified atom stereocenters. The molecule has 1 N–H and O–H groups in total. The smallest absolute Gasteiger partial charge is 0.392 e. The first-order chi connectivity index (χ1) is 20.5. The van der Waals surface area contributed by atoms with Gasteiger partial charge in [0.1, 0.15) is 0 Å². The highest BCUT2D eigenvalue weighted by molar-refractivity contribution is 5.01. The maximum atomic E-state index is 14.4. The van der Waals surface area contributed by atoms with Gasteiger partial charge in [-0.05, 0) is 155 Å². The summed E-state index contributed by atoms with van der Waals surface area (Å²) >= 11 is 0. The Morgan fingerprint density at radius 1 is 0.767 bits per heavy atom. The molecule has 248 valence electrons. The van der Waals surface area contributed by atoms with Gasteiger partial charge in [-0.2, -0.15) is 13.2 Å². The van der Waals surface area contributed by atoms with Crippen molar-refractivity contribution in [2.24, 2.45) is 71.0 Å². The molecule has 4 fully saturated rings. The molecule has 0 bridgehead atoms. The lowest BCUT2D eigenvalue weighted by Crippen LogP contribution is -2.39. The lowest BCUT2D eigenvalue weighted by atomic mass is 9.62. The van der Waals surface area contributed by atoms with Crippen molar-refractivity contribution in [1.82, 2.24) is 0 Å². The number of allylic oxidation sites excluding steroid dienone is 2. The predicted octanol–water partition coefficient (Wildman–Crippen LogP) is 11.8. The lowest BCUT2D eigenvalue weighted by Gasteiger charge is -2.43. The van der Waals surface area contributed by atoms with Crippen LogP contribution in [0.25, 0.3) is 0 Å². The highest BCUT2D eigenvalue weighted by atomic mass is 19.4. The molecule has 5 aliphatic rings. The Balaban J connectivity index is 1.12. The van der Waals surface area contributed by atoms with Crippen LogP contribution in [0, 0.1) is 71.0 Å². The summed E-state index contributed by atoms with van der Waals surface area (Å²) in [7, 11) is 0. The number of halogens is 3. The van der Waals surface area contributed by atoms with E-state index in [1.807, 2.05) is 0 Å². The molecule has 0 saturated heterocycles. The number of hydrogen-bond donors (Lipinski definition) is 1. The largest absolute Gasteiger partial charge is 0.393 e. The second kappa shape index (κ2) is 14.9. The summed E-state index contributed by atoms with van der Waals surface area (Å²) in [5, 5.41) is 11.3. The zero-order valence-electron chi connectivity index (χ0n) is 28.1. The van der Waals surface area contributed by atoms with E-state index < -0.39 is 18.2 Å². The average Bonchev–Trinajstić information content (AvgIpc) is 3.23. The second-order valence-electron chi connectivity index (χ2n) is 16.8. The van der Waals surface area contributed by atoms with Crippen LogP contribution in [0.15, 0.2) is 11.6 Å². The van der Waals surface area contributed by atoms with Crippen molar-refractivity contribution >= 4 is 0 Å². The van der Waals surface area contributed by atoms with E-state index in [-0.39, 0.29) is 18.3 Å². The zero-order chi connectivity index (χ0) is 30.7. The molecule has 5 rings (SSSR count). The Morgan fingerprint density at radius 3 is 2.30 bits per heavy atom. The van der Waals surface area contributed by atoms with Gasteiger partial charge in [-0.25, -0.2) is 0 Å². The van der Waals surface area contributed by atoms with Crippen LogP contribution in [0.4, 0.5) is 13.2 Å². The van der Waals surface area contributed by atoms with E-state index in [4.69, 9.17) is 0 Å². The van der Waals surface area contributed by atoms with Gasteiger partial charge >= 0.3 is 6.18 Å². The zero-order valence-corrected chi connectivity index (χ0v) is 28.1. The van der Waals surface area contributed by atoms with Crippen molar-refractivity contribution in [2.45, 2.75) is 162 Å². The quantitative estimate of drug-likeness (QED) is 0.273. The minimum absolute atomic E-state index is 0.146. The SMILES string of the molecule is CC1=CCCCC(CCC2CCC(C(O)CCC3CCC(C)C(C4C(C)C(C)C5CCCCC54)C3)CC2C(F)(F)F)CC1. The van der Waals surface area contributed by atoms with Crippen LogP contribution in [0.5, 0.6) is 0 Å². The highest BCUT2D eigenvalue weighted by Crippen LogP contribution is 2.58. The summed E-state index contributed by atoms with van der Waals surface area (Å²) < 4.78 is 43.1. The Morgan fingerprint density at radius 2 is 1.53 bits per heavy atom. The molecule has 0 amide bonds. The summed E-state index contributed by atoms with van der Waals surface area (Å²) in [5.41, 5.74) is 1.45. The highest BCUT2D eigenvalue weighted by Gasteiger charge is 2.51. The van der Waals surface area contributed by atoms with Crippen LogP contribution >= 0.6 is 0 Å². The van der Waals surface area contributed by atoms with E-state index in [2.05, 4.69) is 33.8 Å². The van der Waals surface area contributed by atoms with E-state index in [0.29, 0.717) is 31.1 Å². The fourth-order valence-electron chi connectivity index (χ4n) is 11.6. The van der Waals surface area contributed by atoms with Crippen LogP contribution in [0.1, 0.15) is 150 Å². The molecule has 0 radical (unpaired) electrons. The average molecular weight is 607 g/mol. The van der Waals surface area contributed by atoms with Gasteiger partial charge < -0.3 is 5.11 Å². The number of aliphatic hydroxyl groups excluding tert-OH is 1. The number of aliphatic hydroxyl groups is 1. The Labute approximate surface area is 262 Å². The first kappa shape index (κ1) is 33.8. The third-order valence-corrected chi connectivity index (χ3v) is 14.4. The van der Waals surface area contributed by atoms with E-state index in [1.165, 1.54) is 56.9 Å². The molecule has 0 aliphatic heterocycles. The van der Waals surface area contributed by atoms with Crippen LogP contribution in [-0.4, -0.2) is 17.4 Å². The van der Waals surface area contributed by atoms with E-state index in [0.717, 1.165) is 86.4 Å². The molecule has 0 aromatic heterocycles. The minimum atomic E-state index is -4.15. The van der Waals surface area contributed by atoms with E-state index in [9.17, 15) is 18.3 Å². The van der Waals surface area contributed by atoms with Gasteiger partial charge in [0.05, 0.1) is 12.0 Å². The van der Waals surface area contributed by atoms with Gasteiger partial charge in [-0.15, -0.1) is 0 Å². The number of rotatable bonds is 8. The van der Waals surface area contributed by atoms with Crippen LogP contribution in [-0.2, 0) is 0 Å². The maximum absolute atomic E-state index is 14.4. The Kier molecular flexibility index (Phi) is 11.8. The van der Waals surface area contributed by atoms with Gasteiger partial charge in [0, 0.05) is 0 Å². The first-order valence-electron chi connectivity index (χ1n) is 18.9. The Hall–Kier alpha value is -0.510. The van der Waals surface area contributed by atoms with Crippen molar-refractivity contribution in [3.8, 4) is 0 Å². The summed E-state index contributed by atoms with van der Waals surface area (Å²) in [6, 6.07) is 0. The fourth-order valence-corrected chi connectivity index (χ4v) is 11.6. The van der Waals surface area contributed by atoms with Crippen molar-refractivity contribution in [2.75, 3.05) is 0 Å². The topological polar surface area (TPSA) is 20.2 Å². The second-order valence-corrected chi connectivity index (χ2v) is 16.8. The standard InChI is InChI=1S/C39H65F3O/c1-25-9-5-6-10-29(15-13-25)17-19-31-20-21-32(24-36(31)39(40,41)42)37(43)22-18-30-16-14-26(2)35(23-30)38-28(4)27(3)33-11-7-8-12-34(33)38/h9,26-38,43H,5-8,10-24H2,1-4H3. The van der Waals surface area contributed by atoms with Crippen LogP contribution in [0.2, 0.25) is 0 Å². The fraction of sp³-hybridized carbons (Fsp3) is 0.949. The van der Waals surface area contributed by atoms with Crippen molar-refractivity contribution < 1.29 is 18.3 Å². The molecule has 13 atom stereocenters. The predicted molar refractivity (Wildman–Crippen MR) is 172 cm³/mol. The van der Waals surface area contributed by atoms with Crippen molar-refractivity contribution in [3.63, 3.8) is 0 Å². The summed E-state index contributed by atoms with van der Waals surface area (Å²) in [4.78, 5) is 0. The molecule has 43 heavy (non-hydrogen) atoms. The van der Waals surface area contributed by atoms with Gasteiger partial charge in [-0.1, -0.05) is 70.9 Å². The molecule has 0 spiro atoms. The monoisotopic (exact) mass is 606 g/mol. The third-order valence-electron chi connectivity index (χ3n) is 14.4. The number of alkyl halides is 3. The number of fused-ring (bicyclic) bond motifs is 1. The summed E-state index contributed by atoms with van der Waals surface area (Å²) in [5.74, 6) is 5.47. The van der Waals surface area contributed by atoms with Crippen molar-refractivity contribution in [3.05, 3.63) is 11.6 Å². The minimum Gasteiger partial charge on any atom is -0.393 e.